The first-order valence-corrected chi connectivity index (χ1v) is 18.8. The number of nitriles is 1. The van der Waals surface area contributed by atoms with Gasteiger partial charge in [0.2, 0.25) is 5.88 Å². The number of alkyl halides is 1. The molecule has 0 saturated carbocycles. The van der Waals surface area contributed by atoms with E-state index in [2.05, 4.69) is 20.1 Å². The summed E-state index contributed by atoms with van der Waals surface area (Å²) >= 11 is 0. The highest BCUT2D eigenvalue weighted by Gasteiger charge is 2.50. The van der Waals surface area contributed by atoms with E-state index in [1.54, 1.807) is 20.8 Å². The second-order valence-electron chi connectivity index (χ2n) is 16.4. The Bertz CT molecular complexity index is 2350. The summed E-state index contributed by atoms with van der Waals surface area (Å²) < 4.78 is 71.2. The van der Waals surface area contributed by atoms with Gasteiger partial charge in [0.15, 0.2) is 17.2 Å². The zero-order valence-electron chi connectivity index (χ0n) is 31.1. The van der Waals surface area contributed by atoms with E-state index in [1.165, 1.54) is 11.0 Å². The first-order chi connectivity index (χ1) is 26.7. The third kappa shape index (κ3) is 5.83. The number of nitrogens with one attached hydrogen (secondary N) is 1. The Morgan fingerprint density at radius 3 is 2.57 bits per heavy atom. The van der Waals surface area contributed by atoms with Crippen LogP contribution < -0.4 is 15.0 Å². The largest absolute Gasteiger partial charge is 0.465 e. The van der Waals surface area contributed by atoms with Crippen molar-refractivity contribution in [3.8, 4) is 23.2 Å². The Balaban J connectivity index is 1.22. The number of carbonyl (C=O) groups excluding carboxylic acids is 1. The molecule has 4 fully saturated rings. The SMILES string of the molecule is CC(C)(C)OC(=O)Nc1oc2c(F)ccc(-c3c4c(c5c(N6C7CCC6CN(C(=O)O)C7)nc(OC[C@@]67CCCN6C[C@H](F)C7)nc5c3F)COC4)c2c1C#N. The summed E-state index contributed by atoms with van der Waals surface area (Å²) in [6.07, 6.45) is 0.357. The number of amides is 2. The van der Waals surface area contributed by atoms with Crippen molar-refractivity contribution in [2.75, 3.05) is 43.0 Å². The van der Waals surface area contributed by atoms with Crippen LogP contribution in [-0.2, 0) is 22.7 Å². The Morgan fingerprint density at radius 1 is 1.11 bits per heavy atom. The zero-order chi connectivity index (χ0) is 39.3. The second kappa shape index (κ2) is 13.1. The minimum Gasteiger partial charge on any atom is -0.465 e. The molecule has 5 aliphatic heterocycles. The normalized spacial score (nSPS) is 24.5. The van der Waals surface area contributed by atoms with E-state index in [0.717, 1.165) is 25.5 Å². The van der Waals surface area contributed by atoms with Crippen LogP contribution in [0, 0.1) is 23.0 Å². The first kappa shape index (κ1) is 36.3. The highest BCUT2D eigenvalue weighted by molar-refractivity contribution is 6.06. The number of furan rings is 1. The lowest BCUT2D eigenvalue weighted by Crippen LogP contribution is -2.55. The van der Waals surface area contributed by atoms with Crippen molar-refractivity contribution >= 4 is 45.8 Å². The molecule has 4 aromatic rings. The van der Waals surface area contributed by atoms with Crippen LogP contribution in [0.3, 0.4) is 0 Å². The summed E-state index contributed by atoms with van der Waals surface area (Å²) in [5.41, 5.74) is -1.02. The second-order valence-corrected chi connectivity index (χ2v) is 16.4. The molecule has 5 aliphatic rings. The third-order valence-corrected chi connectivity index (χ3v) is 11.8. The lowest BCUT2D eigenvalue weighted by molar-refractivity contribution is 0.0632. The van der Waals surface area contributed by atoms with Gasteiger partial charge in [-0.1, -0.05) is 6.07 Å². The van der Waals surface area contributed by atoms with Crippen molar-refractivity contribution in [3.63, 3.8) is 0 Å². The number of anilines is 2. The number of aromatic nitrogens is 2. The van der Waals surface area contributed by atoms with E-state index in [0.29, 0.717) is 48.1 Å². The van der Waals surface area contributed by atoms with E-state index in [-0.39, 0.29) is 90.1 Å². The standard InChI is InChI=1S/C39H40F3N7O7/c1-38(2,3)56-36(50)46-34-23(12-43)28-22(7-8-26(41)32(28)55-34)27-24-16-53-17-25(24)29-31(30(27)42)44-35(54-18-39-9-4-10-48(39)13-19(40)11-39)45-33(29)49-20-5-6-21(49)15-47(14-20)37(51)52/h7-8,19-21H,4-6,9-11,13-18H2,1-3H3,(H,46,50)(H,51,52)/t19-,20?,21?,39+/m1/s1. The van der Waals surface area contributed by atoms with Gasteiger partial charge in [0.25, 0.3) is 0 Å². The number of benzene rings is 2. The Kier molecular flexibility index (Phi) is 8.51. The van der Waals surface area contributed by atoms with Gasteiger partial charge in [0, 0.05) is 43.7 Å². The third-order valence-electron chi connectivity index (χ3n) is 11.8. The number of rotatable bonds is 6. The molecule has 7 heterocycles. The molecule has 14 nitrogen and oxygen atoms in total. The molecule has 4 saturated heterocycles. The molecule has 9 rings (SSSR count). The van der Waals surface area contributed by atoms with E-state index in [1.807, 2.05) is 6.07 Å². The highest BCUT2D eigenvalue weighted by atomic mass is 19.1. The van der Waals surface area contributed by atoms with Gasteiger partial charge in [-0.25, -0.2) is 22.8 Å². The molecular formula is C39H40F3N7O7. The van der Waals surface area contributed by atoms with Gasteiger partial charge in [-0.2, -0.15) is 15.2 Å². The van der Waals surface area contributed by atoms with E-state index < -0.39 is 41.1 Å². The number of fused-ring (bicyclic) bond motifs is 7. The number of halogens is 3. The Labute approximate surface area is 319 Å². The number of nitrogens with zero attached hydrogens (tertiary/aromatic N) is 6. The number of piperazine rings is 1. The van der Waals surface area contributed by atoms with Crippen LogP contribution >= 0.6 is 0 Å². The minimum absolute atomic E-state index is 0.00186. The molecule has 56 heavy (non-hydrogen) atoms. The topological polar surface area (TPSA) is 167 Å². The number of hydrogen-bond donors (Lipinski definition) is 2. The van der Waals surface area contributed by atoms with Crippen molar-refractivity contribution in [1.29, 1.82) is 5.26 Å². The smallest absolute Gasteiger partial charge is 0.414 e. The van der Waals surface area contributed by atoms with Crippen LogP contribution in [0.25, 0.3) is 33.0 Å². The predicted octanol–water partition coefficient (Wildman–Crippen LogP) is 6.86. The summed E-state index contributed by atoms with van der Waals surface area (Å²) in [5.74, 6) is -1.62. The minimum atomic E-state index is -1.02. The van der Waals surface area contributed by atoms with Crippen LogP contribution in [0.2, 0.25) is 0 Å². The maximum Gasteiger partial charge on any atom is 0.414 e. The maximum atomic E-state index is 17.7. The quantitative estimate of drug-likeness (QED) is 0.209. The average molecular weight is 776 g/mol. The molecule has 2 unspecified atom stereocenters. The number of hydrogen-bond acceptors (Lipinski definition) is 11. The fourth-order valence-corrected chi connectivity index (χ4v) is 9.55. The van der Waals surface area contributed by atoms with Crippen molar-refractivity contribution in [2.24, 2.45) is 0 Å². The molecule has 2 aromatic carbocycles. The summed E-state index contributed by atoms with van der Waals surface area (Å²) in [6.45, 7) is 6.60. The molecule has 2 amide bonds. The molecule has 294 valence electrons. The monoisotopic (exact) mass is 775 g/mol. The highest BCUT2D eigenvalue weighted by Crippen LogP contribution is 2.49. The summed E-state index contributed by atoms with van der Waals surface area (Å²) in [5, 5.41) is 22.9. The van der Waals surface area contributed by atoms with Crippen molar-refractivity contribution < 1.29 is 46.5 Å². The summed E-state index contributed by atoms with van der Waals surface area (Å²) in [7, 11) is 0. The fraction of sp³-hybridized carbons (Fsp3) is 0.513. The number of carbonyl (C=O) groups is 2. The van der Waals surface area contributed by atoms with E-state index in [4.69, 9.17) is 23.6 Å². The summed E-state index contributed by atoms with van der Waals surface area (Å²) in [4.78, 5) is 39.9. The van der Waals surface area contributed by atoms with Gasteiger partial charge in [0.05, 0.1) is 29.5 Å². The molecule has 0 aliphatic carbocycles. The van der Waals surface area contributed by atoms with Crippen molar-refractivity contribution in [3.05, 3.63) is 40.5 Å². The van der Waals surface area contributed by atoms with Crippen molar-refractivity contribution in [2.45, 2.75) is 95.5 Å². The van der Waals surface area contributed by atoms with Crippen LogP contribution in [-0.4, -0.2) is 99.2 Å². The lowest BCUT2D eigenvalue weighted by Gasteiger charge is -2.41. The average Bonchev–Trinajstić information content (AvgIpc) is 3.95. The van der Waals surface area contributed by atoms with Gasteiger partial charge < -0.3 is 33.5 Å². The van der Waals surface area contributed by atoms with Gasteiger partial charge in [0.1, 0.15) is 41.3 Å². The van der Waals surface area contributed by atoms with E-state index >= 15 is 8.78 Å². The molecule has 2 aromatic heterocycles. The molecule has 2 bridgehead atoms. The van der Waals surface area contributed by atoms with Crippen LogP contribution in [0.4, 0.5) is 34.5 Å². The molecule has 2 N–H and O–H groups in total. The molecule has 4 atom stereocenters. The molecule has 0 radical (unpaired) electrons. The number of ether oxygens (including phenoxy) is 3. The van der Waals surface area contributed by atoms with Crippen LogP contribution in [0.1, 0.15) is 69.6 Å². The molecular weight excluding hydrogens is 735 g/mol. The van der Waals surface area contributed by atoms with Gasteiger partial charge in [-0.05, 0) is 75.8 Å². The fourth-order valence-electron chi connectivity index (χ4n) is 9.55. The van der Waals surface area contributed by atoms with Gasteiger partial charge >= 0.3 is 18.2 Å². The number of carboxylic acid groups (broad SMARTS) is 1. The van der Waals surface area contributed by atoms with Gasteiger partial charge in [-0.15, -0.1) is 0 Å². The lowest BCUT2D eigenvalue weighted by atomic mass is 9.90. The molecule has 0 spiro atoms. The van der Waals surface area contributed by atoms with Gasteiger partial charge in [-0.3, -0.25) is 10.2 Å². The zero-order valence-corrected chi connectivity index (χ0v) is 31.1. The molecule has 17 heteroatoms. The van der Waals surface area contributed by atoms with E-state index in [9.17, 15) is 24.3 Å². The van der Waals surface area contributed by atoms with Crippen LogP contribution in [0.15, 0.2) is 16.5 Å². The predicted molar refractivity (Wildman–Crippen MR) is 195 cm³/mol. The summed E-state index contributed by atoms with van der Waals surface area (Å²) in [6, 6.07) is 3.81. The Hall–Kier alpha value is -5.34. The Morgan fingerprint density at radius 2 is 1.86 bits per heavy atom. The van der Waals surface area contributed by atoms with Crippen molar-refractivity contribution in [1.82, 2.24) is 19.8 Å². The van der Waals surface area contributed by atoms with Crippen LogP contribution in [0.5, 0.6) is 6.01 Å². The maximum absolute atomic E-state index is 17.7. The number of likely N-dealkylation sites (tertiary alicyclic amines) is 1. The first-order valence-electron chi connectivity index (χ1n) is 18.8.